The first-order valence-electron chi connectivity index (χ1n) is 9.25. The van der Waals surface area contributed by atoms with Crippen LogP contribution >= 0.6 is 0 Å². The van der Waals surface area contributed by atoms with Crippen LogP contribution in [0.5, 0.6) is 0 Å². The molecule has 0 bridgehead atoms. The molecule has 0 saturated carbocycles. The molecule has 2 rings (SSSR count). The van der Waals surface area contributed by atoms with E-state index in [1.165, 1.54) is 0 Å². The fraction of sp³-hybridized carbons (Fsp3) is 0.364. The number of nitrogens with zero attached hydrogens (tertiary/aromatic N) is 1. The summed E-state index contributed by atoms with van der Waals surface area (Å²) in [5.41, 5.74) is 2.02. The third-order valence-corrected chi connectivity index (χ3v) is 5.77. The van der Waals surface area contributed by atoms with Crippen LogP contribution in [0.15, 0.2) is 61.3 Å². The van der Waals surface area contributed by atoms with Crippen LogP contribution in [-0.2, 0) is 20.5 Å². The van der Waals surface area contributed by atoms with Crippen molar-refractivity contribution in [3.05, 3.63) is 72.6 Å². The Morgan fingerprint density at radius 1 is 1.18 bits per heavy atom. The number of esters is 1. The van der Waals surface area contributed by atoms with Gasteiger partial charge in [-0.3, -0.25) is 9.78 Å². The first kappa shape index (κ1) is 22.0. The Kier molecular flexibility index (Phi) is 7.66. The number of ether oxygens (including phenoxy) is 1. The van der Waals surface area contributed by atoms with Crippen molar-refractivity contribution in [2.24, 2.45) is 5.92 Å². The van der Waals surface area contributed by atoms with Crippen molar-refractivity contribution >= 4 is 22.5 Å². The number of carbonyl (C=O) groups is 1. The Labute approximate surface area is 169 Å². The molecule has 0 spiro atoms. The largest absolute Gasteiger partial charge is 0.465 e. The zero-order valence-corrected chi connectivity index (χ0v) is 17.7. The Bertz CT molecular complexity index is 817. The smallest absolute Gasteiger partial charge is 0.315 e. The van der Waals surface area contributed by atoms with Gasteiger partial charge in [0.2, 0.25) is 0 Å². The van der Waals surface area contributed by atoms with Crippen molar-refractivity contribution in [3.8, 4) is 0 Å². The monoisotopic (exact) mass is 400 g/mol. The van der Waals surface area contributed by atoms with Gasteiger partial charge in [0.05, 0.1) is 34.1 Å². The van der Waals surface area contributed by atoms with Gasteiger partial charge in [0.25, 0.3) is 0 Å². The summed E-state index contributed by atoms with van der Waals surface area (Å²) in [6.45, 7) is 11.8. The zero-order valence-electron chi connectivity index (χ0n) is 16.8. The van der Waals surface area contributed by atoms with E-state index in [2.05, 4.69) is 16.3 Å². The summed E-state index contributed by atoms with van der Waals surface area (Å²) >= 11 is 0. The number of hydrogen-bond acceptors (Lipinski definition) is 4. The van der Waals surface area contributed by atoms with E-state index in [1.807, 2.05) is 63.2 Å². The molecule has 1 aromatic carbocycles. The lowest BCUT2D eigenvalue weighted by molar-refractivity contribution is -0.146. The van der Waals surface area contributed by atoms with E-state index in [1.54, 1.807) is 19.2 Å². The quantitative estimate of drug-likeness (QED) is 0.678. The normalized spacial score (nSPS) is 14.7. The van der Waals surface area contributed by atoms with E-state index < -0.39 is 33.7 Å². The van der Waals surface area contributed by atoms with Gasteiger partial charge in [-0.1, -0.05) is 43.0 Å². The van der Waals surface area contributed by atoms with Crippen LogP contribution in [0, 0.1) is 5.92 Å². The Hall–Kier alpha value is -2.31. The average Bonchev–Trinajstić information content (AvgIpc) is 2.68. The van der Waals surface area contributed by atoms with Crippen LogP contribution in [0.25, 0.3) is 5.57 Å². The number of aromatic nitrogens is 1. The van der Waals surface area contributed by atoms with E-state index in [0.29, 0.717) is 11.3 Å². The maximum atomic E-state index is 13.0. The first-order chi connectivity index (χ1) is 13.3. The maximum Gasteiger partial charge on any atom is 0.315 e. The van der Waals surface area contributed by atoms with Gasteiger partial charge in [-0.25, -0.2) is 8.93 Å². The van der Waals surface area contributed by atoms with Crippen LogP contribution in [0.3, 0.4) is 0 Å². The van der Waals surface area contributed by atoms with Crippen LogP contribution in [0.1, 0.15) is 45.0 Å². The number of benzene rings is 1. The molecule has 150 valence electrons. The van der Waals surface area contributed by atoms with Gasteiger partial charge < -0.3 is 4.74 Å². The second kappa shape index (κ2) is 9.75. The molecule has 0 radical (unpaired) electrons. The van der Waals surface area contributed by atoms with Crippen LogP contribution in [0.2, 0.25) is 0 Å². The predicted molar refractivity (Wildman–Crippen MR) is 114 cm³/mol. The lowest BCUT2D eigenvalue weighted by Gasteiger charge is -2.30. The molecule has 0 aliphatic heterocycles. The third kappa shape index (κ3) is 5.59. The lowest BCUT2D eigenvalue weighted by atomic mass is 9.86. The Morgan fingerprint density at radius 3 is 2.36 bits per heavy atom. The Balaban J connectivity index is 2.52. The second-order valence-electron chi connectivity index (χ2n) is 7.35. The van der Waals surface area contributed by atoms with Gasteiger partial charge in [-0.15, -0.1) is 0 Å². The minimum atomic E-state index is -1.42. The van der Waals surface area contributed by atoms with Gasteiger partial charge in [0.1, 0.15) is 5.92 Å². The fourth-order valence-corrected chi connectivity index (χ4v) is 3.54. The minimum absolute atomic E-state index is 0.245. The minimum Gasteiger partial charge on any atom is -0.465 e. The van der Waals surface area contributed by atoms with Crippen molar-refractivity contribution < 1.29 is 13.7 Å². The topological polar surface area (TPSA) is 68.3 Å². The molecule has 28 heavy (non-hydrogen) atoms. The van der Waals surface area contributed by atoms with Crippen LogP contribution < -0.4 is 4.72 Å². The molecule has 2 aromatic rings. The van der Waals surface area contributed by atoms with E-state index in [4.69, 9.17) is 4.74 Å². The van der Waals surface area contributed by atoms with E-state index in [-0.39, 0.29) is 6.61 Å². The van der Waals surface area contributed by atoms with Gasteiger partial charge in [0.15, 0.2) is 0 Å². The molecular formula is C22H28N2O3S. The van der Waals surface area contributed by atoms with Gasteiger partial charge >= 0.3 is 5.97 Å². The standard InChI is InChI=1S/C22H28N2O3S/c1-6-27-21(25)19(16(2)17-12-8-7-9-13-17)20(18-14-10-11-15-23-18)24-28(26)22(3,4)5/h7-15,19-20,24H,2,6H2,1,3-5H3/t19-,20+,28?/m0/s1. The summed E-state index contributed by atoms with van der Waals surface area (Å²) in [6.07, 6.45) is 1.65. The highest BCUT2D eigenvalue weighted by molar-refractivity contribution is 7.84. The number of pyridine rings is 1. The number of hydrogen-bond donors (Lipinski definition) is 1. The highest BCUT2D eigenvalue weighted by Gasteiger charge is 2.37. The molecule has 0 aliphatic carbocycles. The molecule has 0 amide bonds. The molecule has 0 aliphatic rings. The van der Waals surface area contributed by atoms with Gasteiger partial charge in [-0.2, -0.15) is 0 Å². The molecule has 0 fully saturated rings. The highest BCUT2D eigenvalue weighted by Crippen LogP contribution is 2.34. The fourth-order valence-electron chi connectivity index (χ4n) is 2.69. The average molecular weight is 401 g/mol. The van der Waals surface area contributed by atoms with Crippen molar-refractivity contribution in [2.45, 2.75) is 38.5 Å². The molecule has 3 atom stereocenters. The maximum absolute atomic E-state index is 13.0. The van der Waals surface area contributed by atoms with Crippen molar-refractivity contribution in [1.82, 2.24) is 9.71 Å². The zero-order chi connectivity index (χ0) is 20.7. The summed E-state index contributed by atoms with van der Waals surface area (Å²) in [7, 11) is -1.42. The van der Waals surface area contributed by atoms with E-state index in [9.17, 15) is 9.00 Å². The number of carbonyl (C=O) groups excluding carboxylic acids is 1. The first-order valence-corrected chi connectivity index (χ1v) is 10.4. The molecular weight excluding hydrogens is 372 g/mol. The second-order valence-corrected chi connectivity index (χ2v) is 9.35. The molecule has 1 aromatic heterocycles. The van der Waals surface area contributed by atoms with Crippen LogP contribution in [0.4, 0.5) is 0 Å². The summed E-state index contributed by atoms with van der Waals surface area (Å²) in [5, 5.41) is 0. The van der Waals surface area contributed by atoms with Gasteiger partial charge in [-0.05, 0) is 51.0 Å². The Morgan fingerprint density at radius 2 is 1.82 bits per heavy atom. The molecule has 5 nitrogen and oxygen atoms in total. The van der Waals surface area contributed by atoms with Crippen molar-refractivity contribution in [1.29, 1.82) is 0 Å². The summed E-state index contributed by atoms with van der Waals surface area (Å²) in [6, 6.07) is 14.3. The summed E-state index contributed by atoms with van der Waals surface area (Å²) < 4.78 is 20.8. The lowest BCUT2D eigenvalue weighted by Crippen LogP contribution is -2.41. The number of nitrogens with one attached hydrogen (secondary N) is 1. The van der Waals surface area contributed by atoms with Gasteiger partial charge in [0, 0.05) is 6.20 Å². The van der Waals surface area contributed by atoms with Crippen molar-refractivity contribution in [2.75, 3.05) is 6.61 Å². The molecule has 1 heterocycles. The van der Waals surface area contributed by atoms with E-state index >= 15 is 0 Å². The summed E-state index contributed by atoms with van der Waals surface area (Å²) in [5.74, 6) is -1.20. The highest BCUT2D eigenvalue weighted by atomic mass is 32.2. The molecule has 1 unspecified atom stereocenters. The molecule has 6 heteroatoms. The molecule has 0 saturated heterocycles. The SMILES string of the molecule is C=C(c1ccccc1)[C@H](C(=O)OCC)[C@H](NS(=O)C(C)(C)C)c1ccccn1. The van der Waals surface area contributed by atoms with Crippen LogP contribution in [-0.4, -0.2) is 26.5 Å². The third-order valence-electron chi connectivity index (χ3n) is 4.19. The van der Waals surface area contributed by atoms with Crippen molar-refractivity contribution in [3.63, 3.8) is 0 Å². The number of rotatable bonds is 8. The predicted octanol–water partition coefficient (Wildman–Crippen LogP) is 4.07. The summed E-state index contributed by atoms with van der Waals surface area (Å²) in [4.78, 5) is 17.4. The molecule has 1 N–H and O–H groups in total. The van der Waals surface area contributed by atoms with E-state index in [0.717, 1.165) is 5.56 Å².